The van der Waals surface area contributed by atoms with Gasteiger partial charge in [-0.1, -0.05) is 18.2 Å². The molecule has 0 aromatic heterocycles. The van der Waals surface area contributed by atoms with Crippen molar-refractivity contribution < 1.29 is 27.5 Å². The van der Waals surface area contributed by atoms with Gasteiger partial charge in [0.1, 0.15) is 13.2 Å². The van der Waals surface area contributed by atoms with Crippen molar-refractivity contribution in [3.8, 4) is 11.5 Å². The molecule has 1 saturated heterocycles. The van der Waals surface area contributed by atoms with E-state index in [1.54, 1.807) is 41.3 Å². The molecular weight excluding hydrogens is 432 g/mol. The van der Waals surface area contributed by atoms with Crippen LogP contribution >= 0.6 is 0 Å². The van der Waals surface area contributed by atoms with Gasteiger partial charge in [0.15, 0.2) is 17.3 Å². The maximum Gasteiger partial charge on any atom is 0.240 e. The number of hydrogen-bond donors (Lipinski definition) is 1. The molecular formula is C23H26N2O6S. The number of ketones is 1. The molecule has 1 fully saturated rings. The molecule has 0 unspecified atom stereocenters. The molecule has 0 saturated carbocycles. The Morgan fingerprint density at radius 3 is 2.38 bits per heavy atom. The van der Waals surface area contributed by atoms with Crippen molar-refractivity contribution in [2.24, 2.45) is 5.92 Å². The van der Waals surface area contributed by atoms with Gasteiger partial charge in [-0.2, -0.15) is 0 Å². The molecule has 9 heteroatoms. The zero-order valence-electron chi connectivity index (χ0n) is 17.7. The first-order valence-corrected chi connectivity index (χ1v) is 12.2. The molecule has 0 aliphatic carbocycles. The third kappa shape index (κ3) is 5.11. The molecule has 0 bridgehead atoms. The quantitative estimate of drug-likeness (QED) is 0.639. The predicted molar refractivity (Wildman–Crippen MR) is 117 cm³/mol. The van der Waals surface area contributed by atoms with E-state index < -0.39 is 10.0 Å². The molecule has 1 N–H and O–H groups in total. The third-order valence-corrected chi connectivity index (χ3v) is 7.21. The van der Waals surface area contributed by atoms with E-state index in [1.165, 1.54) is 12.1 Å². The summed E-state index contributed by atoms with van der Waals surface area (Å²) < 4.78 is 38.0. The minimum atomic E-state index is -3.63. The van der Waals surface area contributed by atoms with E-state index in [0.29, 0.717) is 56.2 Å². The number of amides is 1. The lowest BCUT2D eigenvalue weighted by molar-refractivity contribution is -0.132. The van der Waals surface area contributed by atoms with Gasteiger partial charge in [0.05, 0.1) is 4.90 Å². The van der Waals surface area contributed by atoms with E-state index in [4.69, 9.17) is 9.47 Å². The summed E-state index contributed by atoms with van der Waals surface area (Å²) in [6.45, 7) is 1.95. The van der Waals surface area contributed by atoms with E-state index in [2.05, 4.69) is 4.72 Å². The third-order valence-electron chi connectivity index (χ3n) is 5.73. The smallest absolute Gasteiger partial charge is 0.240 e. The molecule has 4 rings (SSSR count). The number of Topliss-reactive ketones (excluding diaryl/α,β-unsaturated/α-hetero) is 1. The largest absolute Gasteiger partial charge is 0.486 e. The standard InChI is InChI=1S/C23H26N2O6S/c26-22(8-11-24-32(28,29)19-4-2-1-3-5-19)25-12-9-17(10-13-25)23(27)18-6-7-20-21(16-18)31-15-14-30-20/h1-7,16-17,24H,8-15H2. The van der Waals surface area contributed by atoms with Crippen molar-refractivity contribution in [3.05, 3.63) is 54.1 Å². The lowest BCUT2D eigenvalue weighted by Gasteiger charge is -2.31. The van der Waals surface area contributed by atoms with Gasteiger partial charge in [-0.05, 0) is 43.2 Å². The number of carbonyl (C=O) groups is 2. The molecule has 2 aromatic rings. The second-order valence-electron chi connectivity index (χ2n) is 7.84. The maximum absolute atomic E-state index is 12.9. The fourth-order valence-corrected chi connectivity index (χ4v) is 5.01. The maximum atomic E-state index is 12.9. The van der Waals surface area contributed by atoms with Gasteiger partial charge in [0, 0.05) is 37.5 Å². The van der Waals surface area contributed by atoms with Crippen LogP contribution in [0.1, 0.15) is 29.6 Å². The summed E-state index contributed by atoms with van der Waals surface area (Å²) in [5.41, 5.74) is 0.592. The number of likely N-dealkylation sites (tertiary alicyclic amines) is 1. The molecule has 8 nitrogen and oxygen atoms in total. The molecule has 0 radical (unpaired) electrons. The summed E-state index contributed by atoms with van der Waals surface area (Å²) in [4.78, 5) is 27.3. The average Bonchev–Trinajstić information content (AvgIpc) is 2.83. The molecule has 1 amide bonds. The fraction of sp³-hybridized carbons (Fsp3) is 0.391. The Morgan fingerprint density at radius 2 is 1.66 bits per heavy atom. The summed E-state index contributed by atoms with van der Waals surface area (Å²) in [7, 11) is -3.63. The minimum Gasteiger partial charge on any atom is -0.486 e. The normalized spacial score (nSPS) is 16.6. The van der Waals surface area contributed by atoms with Crippen LogP contribution in [-0.2, 0) is 14.8 Å². The Kier molecular flexibility index (Phi) is 6.76. The number of piperidine rings is 1. The van der Waals surface area contributed by atoms with Gasteiger partial charge in [0.25, 0.3) is 0 Å². The second-order valence-corrected chi connectivity index (χ2v) is 9.61. The number of ether oxygens (including phenoxy) is 2. The lowest BCUT2D eigenvalue weighted by Crippen LogP contribution is -2.41. The Labute approximate surface area is 187 Å². The van der Waals surface area contributed by atoms with Gasteiger partial charge in [0.2, 0.25) is 15.9 Å². The number of hydrogen-bond acceptors (Lipinski definition) is 6. The van der Waals surface area contributed by atoms with Gasteiger partial charge in [-0.3, -0.25) is 9.59 Å². The molecule has 2 heterocycles. The topological polar surface area (TPSA) is 102 Å². The molecule has 0 atom stereocenters. The van der Waals surface area contributed by atoms with Gasteiger partial charge in [-0.15, -0.1) is 0 Å². The second kappa shape index (κ2) is 9.70. The first kappa shape index (κ1) is 22.3. The van der Waals surface area contributed by atoms with Crippen molar-refractivity contribution in [1.82, 2.24) is 9.62 Å². The Morgan fingerprint density at radius 1 is 0.969 bits per heavy atom. The summed E-state index contributed by atoms with van der Waals surface area (Å²) >= 11 is 0. The monoisotopic (exact) mass is 458 g/mol. The van der Waals surface area contributed by atoms with Crippen molar-refractivity contribution in [3.63, 3.8) is 0 Å². The van der Waals surface area contributed by atoms with Gasteiger partial charge >= 0.3 is 0 Å². The zero-order chi connectivity index (χ0) is 22.6. The van der Waals surface area contributed by atoms with E-state index in [-0.39, 0.29) is 35.5 Å². The van der Waals surface area contributed by atoms with Crippen LogP contribution < -0.4 is 14.2 Å². The highest BCUT2D eigenvalue weighted by molar-refractivity contribution is 7.89. The van der Waals surface area contributed by atoms with E-state index in [9.17, 15) is 18.0 Å². The van der Waals surface area contributed by atoms with Crippen LogP contribution in [-0.4, -0.2) is 57.9 Å². The molecule has 2 aliphatic heterocycles. The number of benzene rings is 2. The summed E-state index contributed by atoms with van der Waals surface area (Å²) in [6.07, 6.45) is 1.23. The van der Waals surface area contributed by atoms with Crippen molar-refractivity contribution in [2.75, 3.05) is 32.8 Å². The van der Waals surface area contributed by atoms with Crippen LogP contribution in [0.4, 0.5) is 0 Å². The Bertz CT molecular complexity index is 1080. The highest BCUT2D eigenvalue weighted by Gasteiger charge is 2.28. The average molecular weight is 459 g/mol. The Balaban J connectivity index is 1.25. The van der Waals surface area contributed by atoms with E-state index in [1.807, 2.05) is 0 Å². The van der Waals surface area contributed by atoms with Crippen LogP contribution in [0.25, 0.3) is 0 Å². The summed E-state index contributed by atoms with van der Waals surface area (Å²) in [5.74, 6) is 1.01. The van der Waals surface area contributed by atoms with Crippen LogP contribution in [0.15, 0.2) is 53.4 Å². The van der Waals surface area contributed by atoms with Crippen molar-refractivity contribution >= 4 is 21.7 Å². The van der Waals surface area contributed by atoms with Crippen LogP contribution in [0.5, 0.6) is 11.5 Å². The summed E-state index contributed by atoms with van der Waals surface area (Å²) in [6, 6.07) is 13.3. The van der Waals surface area contributed by atoms with Crippen LogP contribution in [0.3, 0.4) is 0 Å². The highest BCUT2D eigenvalue weighted by atomic mass is 32.2. The van der Waals surface area contributed by atoms with E-state index in [0.717, 1.165) is 0 Å². The summed E-state index contributed by atoms with van der Waals surface area (Å²) in [5, 5.41) is 0. The number of nitrogens with one attached hydrogen (secondary N) is 1. The number of sulfonamides is 1. The van der Waals surface area contributed by atoms with Crippen molar-refractivity contribution in [1.29, 1.82) is 0 Å². The van der Waals surface area contributed by atoms with Gasteiger partial charge < -0.3 is 14.4 Å². The number of nitrogens with zero attached hydrogens (tertiary/aromatic N) is 1. The predicted octanol–water partition coefficient (Wildman–Crippen LogP) is 2.25. The lowest BCUT2D eigenvalue weighted by atomic mass is 9.88. The molecule has 32 heavy (non-hydrogen) atoms. The van der Waals surface area contributed by atoms with E-state index >= 15 is 0 Å². The first-order valence-electron chi connectivity index (χ1n) is 10.7. The minimum absolute atomic E-state index is 0.0338. The molecule has 170 valence electrons. The number of carbonyl (C=O) groups excluding carboxylic acids is 2. The fourth-order valence-electron chi connectivity index (χ4n) is 3.96. The van der Waals surface area contributed by atoms with Gasteiger partial charge in [-0.25, -0.2) is 13.1 Å². The first-order chi connectivity index (χ1) is 15.4. The van der Waals surface area contributed by atoms with Crippen LogP contribution in [0.2, 0.25) is 0 Å². The Hall–Kier alpha value is -2.91. The zero-order valence-corrected chi connectivity index (χ0v) is 18.5. The number of rotatable bonds is 7. The molecule has 2 aliphatic rings. The van der Waals surface area contributed by atoms with Crippen LogP contribution in [0, 0.1) is 5.92 Å². The van der Waals surface area contributed by atoms with Crippen molar-refractivity contribution in [2.45, 2.75) is 24.2 Å². The highest BCUT2D eigenvalue weighted by Crippen LogP contribution is 2.32. The molecule has 0 spiro atoms. The SMILES string of the molecule is O=C(c1ccc2c(c1)OCCO2)C1CCN(C(=O)CCNS(=O)(=O)c2ccccc2)CC1. The number of fused-ring (bicyclic) bond motifs is 1. The molecule has 2 aromatic carbocycles.